The lowest BCUT2D eigenvalue weighted by atomic mass is 9.75. The smallest absolute Gasteiger partial charge is 0.133 e. The third-order valence-electron chi connectivity index (χ3n) is 2.30. The molecule has 1 unspecified atom stereocenters. The summed E-state index contributed by atoms with van der Waals surface area (Å²) in [7, 11) is 0. The van der Waals surface area contributed by atoms with Gasteiger partial charge < -0.3 is 0 Å². The first-order chi connectivity index (χ1) is 4.66. The SMILES string of the molecule is C=CC1(C)CCCC(=O)C1. The average Bonchev–Trinajstić information content (AvgIpc) is 1.88. The molecule has 1 nitrogen and oxygen atoms in total. The van der Waals surface area contributed by atoms with Gasteiger partial charge in [0.05, 0.1) is 0 Å². The van der Waals surface area contributed by atoms with Gasteiger partial charge in [-0.2, -0.15) is 0 Å². The summed E-state index contributed by atoms with van der Waals surface area (Å²) < 4.78 is 0. The molecule has 0 radical (unpaired) electrons. The summed E-state index contributed by atoms with van der Waals surface area (Å²) in [5.41, 5.74) is 0.106. The highest BCUT2D eigenvalue weighted by Crippen LogP contribution is 2.34. The van der Waals surface area contributed by atoms with Gasteiger partial charge in [-0.3, -0.25) is 4.79 Å². The van der Waals surface area contributed by atoms with Crippen molar-refractivity contribution < 1.29 is 4.79 Å². The van der Waals surface area contributed by atoms with Crippen LogP contribution in [0, 0.1) is 5.41 Å². The highest BCUT2D eigenvalue weighted by atomic mass is 16.1. The minimum Gasteiger partial charge on any atom is -0.300 e. The summed E-state index contributed by atoms with van der Waals surface area (Å²) in [5.74, 6) is 0.397. The van der Waals surface area contributed by atoms with E-state index in [0.717, 1.165) is 19.3 Å². The Morgan fingerprint density at radius 3 is 2.80 bits per heavy atom. The Labute approximate surface area is 62.1 Å². The fraction of sp³-hybridized carbons (Fsp3) is 0.667. The first-order valence-electron chi connectivity index (χ1n) is 3.82. The van der Waals surface area contributed by atoms with Crippen LogP contribution in [-0.2, 0) is 4.79 Å². The van der Waals surface area contributed by atoms with Gasteiger partial charge in [-0.25, -0.2) is 0 Å². The second kappa shape index (κ2) is 2.57. The molecule has 1 saturated carbocycles. The zero-order valence-corrected chi connectivity index (χ0v) is 6.52. The van der Waals surface area contributed by atoms with E-state index in [1.54, 1.807) is 0 Å². The van der Waals surface area contributed by atoms with Gasteiger partial charge in [-0.1, -0.05) is 13.0 Å². The van der Waals surface area contributed by atoms with Crippen LogP contribution >= 0.6 is 0 Å². The number of rotatable bonds is 1. The third-order valence-corrected chi connectivity index (χ3v) is 2.30. The first-order valence-corrected chi connectivity index (χ1v) is 3.82. The highest BCUT2D eigenvalue weighted by Gasteiger charge is 2.27. The fourth-order valence-corrected chi connectivity index (χ4v) is 1.49. The predicted octanol–water partition coefficient (Wildman–Crippen LogP) is 2.32. The summed E-state index contributed by atoms with van der Waals surface area (Å²) in [4.78, 5) is 11.0. The summed E-state index contributed by atoms with van der Waals surface area (Å²) in [6, 6.07) is 0. The van der Waals surface area contributed by atoms with Crippen molar-refractivity contribution in [1.29, 1.82) is 0 Å². The summed E-state index contributed by atoms with van der Waals surface area (Å²) in [6.45, 7) is 5.85. The molecule has 0 N–H and O–H groups in total. The van der Waals surface area contributed by atoms with Crippen molar-refractivity contribution in [3.8, 4) is 0 Å². The van der Waals surface area contributed by atoms with E-state index in [2.05, 4.69) is 13.5 Å². The molecule has 0 saturated heterocycles. The second-order valence-corrected chi connectivity index (χ2v) is 3.43. The minimum atomic E-state index is 0.106. The maximum atomic E-state index is 11.0. The van der Waals surface area contributed by atoms with Crippen molar-refractivity contribution in [3.05, 3.63) is 12.7 Å². The van der Waals surface area contributed by atoms with Crippen molar-refractivity contribution in [1.82, 2.24) is 0 Å². The molecule has 0 amide bonds. The van der Waals surface area contributed by atoms with E-state index in [4.69, 9.17) is 0 Å². The molecule has 1 heteroatoms. The Kier molecular flexibility index (Phi) is 1.93. The van der Waals surface area contributed by atoms with Gasteiger partial charge in [-0.15, -0.1) is 6.58 Å². The lowest BCUT2D eigenvalue weighted by Gasteiger charge is -2.28. The number of carbonyl (C=O) groups excluding carboxylic acids is 1. The van der Waals surface area contributed by atoms with E-state index in [1.165, 1.54) is 0 Å². The Morgan fingerprint density at radius 1 is 1.70 bits per heavy atom. The van der Waals surface area contributed by atoms with Crippen molar-refractivity contribution in [2.75, 3.05) is 0 Å². The second-order valence-electron chi connectivity index (χ2n) is 3.43. The number of carbonyl (C=O) groups is 1. The molecule has 0 aliphatic heterocycles. The van der Waals surface area contributed by atoms with Crippen molar-refractivity contribution in [3.63, 3.8) is 0 Å². The summed E-state index contributed by atoms with van der Waals surface area (Å²) >= 11 is 0. The van der Waals surface area contributed by atoms with E-state index < -0.39 is 0 Å². The molecule has 1 rings (SSSR count). The monoisotopic (exact) mass is 138 g/mol. The molecular formula is C9H14O. The van der Waals surface area contributed by atoms with Crippen LogP contribution in [0.1, 0.15) is 32.6 Å². The third kappa shape index (κ3) is 1.47. The Morgan fingerprint density at radius 2 is 2.40 bits per heavy atom. The summed E-state index contributed by atoms with van der Waals surface area (Å²) in [5, 5.41) is 0. The molecule has 0 aromatic rings. The lowest BCUT2D eigenvalue weighted by Crippen LogP contribution is -2.23. The normalized spacial score (nSPS) is 33.9. The maximum Gasteiger partial charge on any atom is 0.133 e. The van der Waals surface area contributed by atoms with E-state index in [-0.39, 0.29) is 5.41 Å². The van der Waals surface area contributed by atoms with Gasteiger partial charge >= 0.3 is 0 Å². The van der Waals surface area contributed by atoms with Crippen molar-refractivity contribution in [2.45, 2.75) is 32.6 Å². The Hall–Kier alpha value is -0.590. The molecule has 10 heavy (non-hydrogen) atoms. The minimum absolute atomic E-state index is 0.106. The van der Waals surface area contributed by atoms with Crippen LogP contribution < -0.4 is 0 Å². The molecule has 0 aromatic heterocycles. The van der Waals surface area contributed by atoms with Crippen LogP contribution in [-0.4, -0.2) is 5.78 Å². The van der Waals surface area contributed by atoms with Gasteiger partial charge in [0, 0.05) is 12.8 Å². The van der Waals surface area contributed by atoms with Crippen LogP contribution in [0.25, 0.3) is 0 Å². The summed E-state index contributed by atoms with van der Waals surface area (Å²) in [6.07, 6.45) is 5.58. The van der Waals surface area contributed by atoms with Gasteiger partial charge in [0.25, 0.3) is 0 Å². The number of hydrogen-bond acceptors (Lipinski definition) is 1. The molecule has 0 heterocycles. The van der Waals surface area contributed by atoms with Gasteiger partial charge in [0.2, 0.25) is 0 Å². The molecule has 0 bridgehead atoms. The topological polar surface area (TPSA) is 17.1 Å². The van der Waals surface area contributed by atoms with Crippen LogP contribution in [0.2, 0.25) is 0 Å². The maximum absolute atomic E-state index is 11.0. The van der Waals surface area contributed by atoms with E-state index in [0.29, 0.717) is 12.2 Å². The molecule has 56 valence electrons. The van der Waals surface area contributed by atoms with E-state index >= 15 is 0 Å². The number of hydrogen-bond donors (Lipinski definition) is 0. The molecule has 1 aliphatic carbocycles. The van der Waals surface area contributed by atoms with E-state index in [9.17, 15) is 4.79 Å². The largest absolute Gasteiger partial charge is 0.300 e. The first kappa shape index (κ1) is 7.52. The fourth-order valence-electron chi connectivity index (χ4n) is 1.49. The van der Waals surface area contributed by atoms with Gasteiger partial charge in [-0.05, 0) is 18.3 Å². The predicted molar refractivity (Wildman–Crippen MR) is 41.8 cm³/mol. The number of ketones is 1. The molecule has 1 atom stereocenters. The number of Topliss-reactive ketones (excluding diaryl/α,β-unsaturated/α-hetero) is 1. The van der Waals surface area contributed by atoms with Gasteiger partial charge in [0.1, 0.15) is 5.78 Å². The quantitative estimate of drug-likeness (QED) is 0.508. The molecule has 1 aliphatic rings. The van der Waals surface area contributed by atoms with Crippen LogP contribution in [0.4, 0.5) is 0 Å². The number of allylic oxidation sites excluding steroid dienone is 1. The molecule has 1 fully saturated rings. The van der Waals surface area contributed by atoms with E-state index in [1.807, 2.05) is 6.08 Å². The zero-order valence-electron chi connectivity index (χ0n) is 6.52. The Bertz CT molecular complexity index is 160. The van der Waals surface area contributed by atoms with Crippen molar-refractivity contribution >= 4 is 5.78 Å². The highest BCUT2D eigenvalue weighted by molar-refractivity contribution is 5.80. The molecule has 0 aromatic carbocycles. The van der Waals surface area contributed by atoms with Crippen LogP contribution in [0.3, 0.4) is 0 Å². The molecular weight excluding hydrogens is 124 g/mol. The zero-order chi connectivity index (χ0) is 7.61. The standard InChI is InChI=1S/C9H14O/c1-3-9(2)6-4-5-8(10)7-9/h3H,1,4-7H2,2H3. The molecule has 0 spiro atoms. The lowest BCUT2D eigenvalue weighted by molar-refractivity contribution is -0.122. The Balaban J connectivity index is 2.61. The van der Waals surface area contributed by atoms with Crippen LogP contribution in [0.15, 0.2) is 12.7 Å². The average molecular weight is 138 g/mol. The van der Waals surface area contributed by atoms with Crippen molar-refractivity contribution in [2.24, 2.45) is 5.41 Å². The van der Waals surface area contributed by atoms with Crippen LogP contribution in [0.5, 0.6) is 0 Å². The van der Waals surface area contributed by atoms with Gasteiger partial charge in [0.15, 0.2) is 0 Å².